The van der Waals surface area contributed by atoms with Gasteiger partial charge in [-0.15, -0.1) is 0 Å². The minimum Gasteiger partial charge on any atom is -0.497 e. The minimum absolute atomic E-state index is 0.00283. The van der Waals surface area contributed by atoms with Gasteiger partial charge in [0.2, 0.25) is 0 Å². The van der Waals surface area contributed by atoms with Crippen LogP contribution in [0.1, 0.15) is 15.9 Å². The molecule has 0 saturated heterocycles. The summed E-state index contributed by atoms with van der Waals surface area (Å²) >= 11 is 0. The number of carbonyl (C=O) groups is 1. The van der Waals surface area contributed by atoms with E-state index in [1.54, 1.807) is 24.3 Å². The van der Waals surface area contributed by atoms with Crippen LogP contribution < -0.4 is 14.2 Å². The van der Waals surface area contributed by atoms with Gasteiger partial charge >= 0.3 is 6.61 Å². The van der Waals surface area contributed by atoms with Crippen molar-refractivity contribution in [3.05, 3.63) is 59.7 Å². The van der Waals surface area contributed by atoms with Crippen LogP contribution >= 0.6 is 0 Å². The molecule has 0 radical (unpaired) electrons. The third-order valence-electron chi connectivity index (χ3n) is 3.16. The molecule has 2 aromatic carbocycles. The Morgan fingerprint density at radius 2 is 1.54 bits per heavy atom. The van der Waals surface area contributed by atoms with Crippen LogP contribution in [0.4, 0.5) is 8.78 Å². The van der Waals surface area contributed by atoms with Crippen LogP contribution in [0.25, 0.3) is 6.08 Å². The number of rotatable bonds is 7. The van der Waals surface area contributed by atoms with Crippen molar-refractivity contribution >= 4 is 11.9 Å². The molecule has 0 N–H and O–H groups in total. The third kappa shape index (κ3) is 4.81. The number of allylic oxidation sites excluding steroid dienone is 1. The van der Waals surface area contributed by atoms with E-state index in [0.29, 0.717) is 17.1 Å². The fourth-order valence-electron chi connectivity index (χ4n) is 1.99. The Morgan fingerprint density at radius 1 is 0.958 bits per heavy atom. The molecule has 2 aromatic rings. The summed E-state index contributed by atoms with van der Waals surface area (Å²) in [6, 6.07) is 10.7. The number of hydrogen-bond donors (Lipinski definition) is 0. The quantitative estimate of drug-likeness (QED) is 0.562. The van der Waals surface area contributed by atoms with E-state index < -0.39 is 6.61 Å². The number of halogens is 2. The van der Waals surface area contributed by atoms with Gasteiger partial charge in [0.15, 0.2) is 5.78 Å². The van der Waals surface area contributed by atoms with E-state index >= 15 is 0 Å². The van der Waals surface area contributed by atoms with Crippen LogP contribution in [0.5, 0.6) is 17.2 Å². The molecule has 0 aliphatic heterocycles. The third-order valence-corrected chi connectivity index (χ3v) is 3.16. The Hall–Kier alpha value is -2.89. The number of alkyl halides is 2. The fourth-order valence-corrected chi connectivity index (χ4v) is 1.99. The van der Waals surface area contributed by atoms with E-state index in [1.165, 1.54) is 44.6 Å². The monoisotopic (exact) mass is 334 g/mol. The summed E-state index contributed by atoms with van der Waals surface area (Å²) in [5, 5.41) is 0. The number of ether oxygens (including phenoxy) is 3. The maximum atomic E-state index is 12.1. The molecule has 0 bridgehead atoms. The molecule has 24 heavy (non-hydrogen) atoms. The molecule has 0 spiro atoms. The smallest absolute Gasteiger partial charge is 0.387 e. The van der Waals surface area contributed by atoms with Crippen molar-refractivity contribution in [3.8, 4) is 17.2 Å². The Bertz CT molecular complexity index is 702. The lowest BCUT2D eigenvalue weighted by atomic mass is 10.1. The maximum absolute atomic E-state index is 12.1. The predicted octanol–water partition coefficient (Wildman–Crippen LogP) is 4.20. The summed E-state index contributed by atoms with van der Waals surface area (Å²) in [6.45, 7) is -2.89. The van der Waals surface area contributed by atoms with Crippen LogP contribution in [0.3, 0.4) is 0 Å². The highest BCUT2D eigenvalue weighted by Gasteiger charge is 2.06. The summed E-state index contributed by atoms with van der Waals surface area (Å²) in [7, 11) is 3.08. The highest BCUT2D eigenvalue weighted by atomic mass is 19.3. The highest BCUT2D eigenvalue weighted by molar-refractivity contribution is 6.06. The van der Waals surface area contributed by atoms with Gasteiger partial charge in [0.1, 0.15) is 17.2 Å². The molecule has 0 fully saturated rings. The number of benzene rings is 2. The molecular formula is C18H16F2O4. The van der Waals surface area contributed by atoms with Gasteiger partial charge in [0.05, 0.1) is 14.2 Å². The Labute approximate surface area is 138 Å². The van der Waals surface area contributed by atoms with Crippen LogP contribution in [0.2, 0.25) is 0 Å². The molecule has 0 saturated carbocycles. The standard InChI is InChI=1S/C18H16F2O4/c1-22-15-9-12(10-16(11-15)23-2)3-8-17(21)13-4-6-14(7-5-13)24-18(19)20/h3-11,18H,1-2H3/b8-3+. The molecule has 0 unspecified atom stereocenters. The molecule has 126 valence electrons. The van der Waals surface area contributed by atoms with Crippen molar-refractivity contribution in [1.82, 2.24) is 0 Å². The SMILES string of the molecule is COc1cc(/C=C/C(=O)c2ccc(OC(F)F)cc2)cc(OC)c1. The molecule has 4 nitrogen and oxygen atoms in total. The average Bonchev–Trinajstić information content (AvgIpc) is 2.59. The van der Waals surface area contributed by atoms with Gasteiger partial charge in [0.25, 0.3) is 0 Å². The molecular weight excluding hydrogens is 318 g/mol. The minimum atomic E-state index is -2.89. The molecule has 2 rings (SSSR count). The van der Waals surface area contributed by atoms with E-state index in [9.17, 15) is 13.6 Å². The first-order chi connectivity index (χ1) is 11.5. The van der Waals surface area contributed by atoms with Crippen molar-refractivity contribution in [3.63, 3.8) is 0 Å². The van der Waals surface area contributed by atoms with Crippen LogP contribution in [0, 0.1) is 0 Å². The molecule has 0 aromatic heterocycles. The number of carbonyl (C=O) groups excluding carboxylic acids is 1. The van der Waals surface area contributed by atoms with Gasteiger partial charge in [-0.05, 0) is 48.0 Å². The molecule has 0 heterocycles. The molecule has 0 atom stereocenters. The molecule has 0 amide bonds. The molecule has 0 aliphatic rings. The Kier molecular flexibility index (Phi) is 5.89. The predicted molar refractivity (Wildman–Crippen MR) is 86.0 cm³/mol. The summed E-state index contributed by atoms with van der Waals surface area (Å²) in [6.07, 6.45) is 3.01. The number of hydrogen-bond acceptors (Lipinski definition) is 4. The summed E-state index contributed by atoms with van der Waals surface area (Å²) in [5.74, 6) is 0.952. The highest BCUT2D eigenvalue weighted by Crippen LogP contribution is 2.23. The molecule has 0 aliphatic carbocycles. The van der Waals surface area contributed by atoms with E-state index in [1.807, 2.05) is 0 Å². The summed E-state index contributed by atoms with van der Waals surface area (Å²) < 4.78 is 38.7. The lowest BCUT2D eigenvalue weighted by Gasteiger charge is -2.06. The van der Waals surface area contributed by atoms with Gasteiger partial charge in [-0.3, -0.25) is 4.79 Å². The topological polar surface area (TPSA) is 44.8 Å². The van der Waals surface area contributed by atoms with E-state index in [4.69, 9.17) is 9.47 Å². The zero-order valence-electron chi connectivity index (χ0n) is 13.2. The van der Waals surface area contributed by atoms with Crippen LogP contribution in [-0.4, -0.2) is 26.6 Å². The van der Waals surface area contributed by atoms with Crippen molar-refractivity contribution in [2.24, 2.45) is 0 Å². The normalized spacial score (nSPS) is 10.9. The van der Waals surface area contributed by atoms with Gasteiger partial charge in [0, 0.05) is 11.6 Å². The second-order valence-electron chi connectivity index (χ2n) is 4.75. The van der Waals surface area contributed by atoms with E-state index in [0.717, 1.165) is 5.56 Å². The number of methoxy groups -OCH3 is 2. The lowest BCUT2D eigenvalue weighted by Crippen LogP contribution is -2.02. The lowest BCUT2D eigenvalue weighted by molar-refractivity contribution is -0.0498. The van der Waals surface area contributed by atoms with Gasteiger partial charge in [-0.25, -0.2) is 0 Å². The molecule has 6 heteroatoms. The first-order valence-electron chi connectivity index (χ1n) is 7.02. The van der Waals surface area contributed by atoms with Crippen LogP contribution in [-0.2, 0) is 0 Å². The summed E-state index contributed by atoms with van der Waals surface area (Å²) in [5.41, 5.74) is 1.10. The summed E-state index contributed by atoms with van der Waals surface area (Å²) in [4.78, 5) is 12.1. The van der Waals surface area contributed by atoms with Crippen molar-refractivity contribution in [2.75, 3.05) is 14.2 Å². The van der Waals surface area contributed by atoms with Gasteiger partial charge in [-0.1, -0.05) is 6.08 Å². The van der Waals surface area contributed by atoms with Gasteiger partial charge in [-0.2, -0.15) is 8.78 Å². The van der Waals surface area contributed by atoms with E-state index in [-0.39, 0.29) is 11.5 Å². The zero-order valence-corrected chi connectivity index (χ0v) is 13.2. The second-order valence-corrected chi connectivity index (χ2v) is 4.75. The van der Waals surface area contributed by atoms with Crippen LogP contribution in [0.15, 0.2) is 48.5 Å². The van der Waals surface area contributed by atoms with Crippen molar-refractivity contribution < 1.29 is 27.8 Å². The maximum Gasteiger partial charge on any atom is 0.387 e. The Morgan fingerprint density at radius 3 is 2.04 bits per heavy atom. The Balaban J connectivity index is 2.12. The largest absolute Gasteiger partial charge is 0.497 e. The van der Waals surface area contributed by atoms with Crippen molar-refractivity contribution in [1.29, 1.82) is 0 Å². The number of ketones is 1. The van der Waals surface area contributed by atoms with Crippen molar-refractivity contribution in [2.45, 2.75) is 6.61 Å². The van der Waals surface area contributed by atoms with Gasteiger partial charge < -0.3 is 14.2 Å². The zero-order chi connectivity index (χ0) is 17.5. The first-order valence-corrected chi connectivity index (χ1v) is 7.02. The second kappa shape index (κ2) is 8.10. The average molecular weight is 334 g/mol. The van der Waals surface area contributed by atoms with E-state index in [2.05, 4.69) is 4.74 Å². The fraction of sp³-hybridized carbons (Fsp3) is 0.167. The first kappa shape index (κ1) is 17.5.